The quantitative estimate of drug-likeness (QED) is 0.630. The predicted molar refractivity (Wildman–Crippen MR) is 40.5 cm³/mol. The maximum Gasteiger partial charge on any atom is 0.109 e. The lowest BCUT2D eigenvalue weighted by Crippen LogP contribution is -2.46. The van der Waals surface area contributed by atoms with Gasteiger partial charge < -0.3 is 5.73 Å². The molecule has 0 aromatic rings. The molecule has 1 unspecified atom stereocenters. The Morgan fingerprint density at radius 1 is 1.70 bits per heavy atom. The van der Waals surface area contributed by atoms with Crippen molar-refractivity contribution in [1.82, 2.24) is 0 Å². The van der Waals surface area contributed by atoms with Crippen molar-refractivity contribution in [2.75, 3.05) is 0 Å². The van der Waals surface area contributed by atoms with E-state index in [1.165, 1.54) is 0 Å². The average molecular weight is 145 g/mol. The Labute approximate surface area is 61.8 Å². The maximum absolute atomic E-state index is 12.9. The zero-order valence-corrected chi connectivity index (χ0v) is 6.73. The van der Waals surface area contributed by atoms with Gasteiger partial charge in [-0.1, -0.05) is 6.92 Å². The molecule has 1 fully saturated rings. The maximum atomic E-state index is 12.9. The number of hydrogen-bond donors (Lipinski definition) is 1. The van der Waals surface area contributed by atoms with E-state index >= 15 is 0 Å². The largest absolute Gasteiger partial charge is 0.327 e. The molecule has 1 nitrogen and oxygen atoms in total. The van der Waals surface area contributed by atoms with Gasteiger partial charge in [0, 0.05) is 6.04 Å². The molecule has 0 heterocycles. The number of alkyl halides is 1. The Balaban J connectivity index is 2.26. The van der Waals surface area contributed by atoms with Gasteiger partial charge >= 0.3 is 0 Å². The Hall–Kier alpha value is -0.110. The molecule has 1 atom stereocenters. The molecule has 0 radical (unpaired) electrons. The fourth-order valence-electron chi connectivity index (χ4n) is 1.67. The number of halogens is 1. The molecule has 1 aliphatic carbocycles. The first kappa shape index (κ1) is 7.99. The predicted octanol–water partition coefficient (Wildman–Crippen LogP) is 1.86. The molecule has 1 rings (SSSR count). The SMILES string of the molecule is CCC(N)C1CC(C)(F)C1. The summed E-state index contributed by atoms with van der Waals surface area (Å²) < 4.78 is 12.9. The summed E-state index contributed by atoms with van der Waals surface area (Å²) in [6, 6.07) is 0.226. The molecular formula is C8H16FN. The van der Waals surface area contributed by atoms with E-state index < -0.39 is 5.67 Å². The average Bonchev–Trinajstić information content (AvgIpc) is 1.81. The summed E-state index contributed by atoms with van der Waals surface area (Å²) in [6.07, 6.45) is 2.31. The highest BCUT2D eigenvalue weighted by molar-refractivity contribution is 4.94. The molecule has 0 aromatic carbocycles. The third kappa shape index (κ3) is 1.48. The lowest BCUT2D eigenvalue weighted by atomic mass is 9.69. The monoisotopic (exact) mass is 145 g/mol. The fraction of sp³-hybridized carbons (Fsp3) is 1.00. The lowest BCUT2D eigenvalue weighted by molar-refractivity contribution is 0.0122. The summed E-state index contributed by atoms with van der Waals surface area (Å²) in [5, 5.41) is 0. The lowest BCUT2D eigenvalue weighted by Gasteiger charge is -2.41. The first-order chi connectivity index (χ1) is 4.55. The van der Waals surface area contributed by atoms with Crippen molar-refractivity contribution < 1.29 is 4.39 Å². The Bertz CT molecular complexity index is 114. The minimum absolute atomic E-state index is 0.226. The molecule has 0 spiro atoms. The molecule has 0 aliphatic heterocycles. The second-order valence-electron chi connectivity index (χ2n) is 3.65. The Morgan fingerprint density at radius 2 is 2.20 bits per heavy atom. The van der Waals surface area contributed by atoms with Gasteiger partial charge in [-0.25, -0.2) is 4.39 Å². The van der Waals surface area contributed by atoms with Crippen LogP contribution in [0.25, 0.3) is 0 Å². The van der Waals surface area contributed by atoms with Crippen LogP contribution in [0, 0.1) is 5.92 Å². The molecule has 2 N–H and O–H groups in total. The first-order valence-electron chi connectivity index (χ1n) is 3.99. The van der Waals surface area contributed by atoms with Gasteiger partial charge in [-0.15, -0.1) is 0 Å². The minimum atomic E-state index is -0.905. The van der Waals surface area contributed by atoms with E-state index in [9.17, 15) is 4.39 Å². The Kier molecular flexibility index (Phi) is 1.99. The van der Waals surface area contributed by atoms with E-state index in [0.29, 0.717) is 18.8 Å². The van der Waals surface area contributed by atoms with E-state index in [4.69, 9.17) is 5.73 Å². The second-order valence-corrected chi connectivity index (χ2v) is 3.65. The van der Waals surface area contributed by atoms with E-state index in [2.05, 4.69) is 6.92 Å². The molecule has 1 aliphatic rings. The van der Waals surface area contributed by atoms with E-state index in [0.717, 1.165) is 6.42 Å². The minimum Gasteiger partial charge on any atom is -0.327 e. The van der Waals surface area contributed by atoms with Gasteiger partial charge in [0.2, 0.25) is 0 Å². The van der Waals surface area contributed by atoms with Crippen molar-refractivity contribution in [2.45, 2.75) is 44.8 Å². The van der Waals surface area contributed by atoms with Crippen LogP contribution in [0.15, 0.2) is 0 Å². The molecule has 2 heteroatoms. The van der Waals surface area contributed by atoms with Crippen LogP contribution in [0.2, 0.25) is 0 Å². The highest BCUT2D eigenvalue weighted by Gasteiger charge is 2.42. The number of nitrogens with two attached hydrogens (primary N) is 1. The summed E-state index contributed by atoms with van der Waals surface area (Å²) in [4.78, 5) is 0. The highest BCUT2D eigenvalue weighted by atomic mass is 19.1. The summed E-state index contributed by atoms with van der Waals surface area (Å²) in [5.74, 6) is 0.444. The highest BCUT2D eigenvalue weighted by Crippen LogP contribution is 2.42. The second kappa shape index (κ2) is 2.50. The molecule has 0 saturated heterocycles. The van der Waals surface area contributed by atoms with Crippen molar-refractivity contribution in [3.05, 3.63) is 0 Å². The van der Waals surface area contributed by atoms with Gasteiger partial charge in [-0.3, -0.25) is 0 Å². The van der Waals surface area contributed by atoms with Crippen LogP contribution >= 0.6 is 0 Å². The van der Waals surface area contributed by atoms with Crippen LogP contribution in [-0.2, 0) is 0 Å². The van der Waals surface area contributed by atoms with E-state index in [1.54, 1.807) is 6.92 Å². The van der Waals surface area contributed by atoms with Crippen molar-refractivity contribution in [1.29, 1.82) is 0 Å². The van der Waals surface area contributed by atoms with Crippen molar-refractivity contribution in [3.8, 4) is 0 Å². The van der Waals surface area contributed by atoms with Crippen LogP contribution in [-0.4, -0.2) is 11.7 Å². The molecule has 0 aromatic heterocycles. The zero-order valence-electron chi connectivity index (χ0n) is 6.73. The van der Waals surface area contributed by atoms with Crippen LogP contribution in [0.5, 0.6) is 0 Å². The molecule has 0 amide bonds. The van der Waals surface area contributed by atoms with Gasteiger partial charge in [0.25, 0.3) is 0 Å². The molecule has 1 saturated carbocycles. The van der Waals surface area contributed by atoms with Gasteiger partial charge in [0.05, 0.1) is 0 Å². The molecular weight excluding hydrogens is 129 g/mol. The summed E-state index contributed by atoms with van der Waals surface area (Å²) in [5.41, 5.74) is 4.83. The van der Waals surface area contributed by atoms with Crippen LogP contribution < -0.4 is 5.73 Å². The van der Waals surface area contributed by atoms with Gasteiger partial charge in [-0.2, -0.15) is 0 Å². The third-order valence-corrected chi connectivity index (χ3v) is 2.45. The van der Waals surface area contributed by atoms with E-state index in [1.807, 2.05) is 0 Å². The van der Waals surface area contributed by atoms with Crippen molar-refractivity contribution >= 4 is 0 Å². The topological polar surface area (TPSA) is 26.0 Å². The summed E-state index contributed by atoms with van der Waals surface area (Å²) >= 11 is 0. The van der Waals surface area contributed by atoms with Crippen molar-refractivity contribution in [2.24, 2.45) is 11.7 Å². The van der Waals surface area contributed by atoms with E-state index in [-0.39, 0.29) is 6.04 Å². The number of rotatable bonds is 2. The van der Waals surface area contributed by atoms with Crippen LogP contribution in [0.1, 0.15) is 33.1 Å². The van der Waals surface area contributed by atoms with Gasteiger partial charge in [0.1, 0.15) is 5.67 Å². The third-order valence-electron chi connectivity index (χ3n) is 2.45. The van der Waals surface area contributed by atoms with Crippen LogP contribution in [0.3, 0.4) is 0 Å². The van der Waals surface area contributed by atoms with Gasteiger partial charge in [-0.05, 0) is 32.1 Å². The molecule has 0 bridgehead atoms. The standard InChI is InChI=1S/C8H16FN/c1-3-7(10)6-4-8(2,9)5-6/h6-7H,3-5,10H2,1-2H3. The first-order valence-corrected chi connectivity index (χ1v) is 3.99. The van der Waals surface area contributed by atoms with Crippen molar-refractivity contribution in [3.63, 3.8) is 0 Å². The van der Waals surface area contributed by atoms with Gasteiger partial charge in [0.15, 0.2) is 0 Å². The fourth-order valence-corrected chi connectivity index (χ4v) is 1.67. The summed E-state index contributed by atoms with van der Waals surface area (Å²) in [6.45, 7) is 3.71. The zero-order chi connectivity index (χ0) is 7.78. The summed E-state index contributed by atoms with van der Waals surface area (Å²) in [7, 11) is 0. The smallest absolute Gasteiger partial charge is 0.109 e. The number of hydrogen-bond acceptors (Lipinski definition) is 1. The Morgan fingerprint density at radius 3 is 2.50 bits per heavy atom. The normalized spacial score (nSPS) is 42.6. The molecule has 10 heavy (non-hydrogen) atoms. The van der Waals surface area contributed by atoms with Crippen LogP contribution in [0.4, 0.5) is 4.39 Å². The molecule has 60 valence electrons.